The van der Waals surface area contributed by atoms with E-state index in [9.17, 15) is 0 Å². The maximum atomic E-state index is 5.73. The number of ether oxygens (including phenoxy) is 1. The lowest BCUT2D eigenvalue weighted by Crippen LogP contribution is -1.97. The Morgan fingerprint density at radius 3 is 2.38 bits per heavy atom. The molecule has 0 N–H and O–H groups in total. The second-order valence-electron chi connectivity index (χ2n) is 5.11. The van der Waals surface area contributed by atoms with Gasteiger partial charge in [0.25, 0.3) is 0 Å². The van der Waals surface area contributed by atoms with Crippen molar-refractivity contribution in [3.05, 3.63) is 60.2 Å². The Bertz CT molecular complexity index is 493. The Hall–Kier alpha value is -1.41. The van der Waals surface area contributed by atoms with Gasteiger partial charge >= 0.3 is 0 Å². The smallest absolute Gasteiger partial charge is 0.119 e. The van der Waals surface area contributed by atoms with Crippen LogP contribution in [0, 0.1) is 0 Å². The molecule has 0 aliphatic carbocycles. The van der Waals surface area contributed by atoms with Gasteiger partial charge in [0.05, 0.1) is 6.61 Å². The highest BCUT2D eigenvalue weighted by atomic mass is 32.2. The fourth-order valence-corrected chi connectivity index (χ4v) is 3.02. The lowest BCUT2D eigenvalue weighted by molar-refractivity contribution is 0.306. The van der Waals surface area contributed by atoms with Crippen molar-refractivity contribution in [3.8, 4) is 5.75 Å². The summed E-state index contributed by atoms with van der Waals surface area (Å²) in [6.07, 6.45) is 4.72. The van der Waals surface area contributed by atoms with Crippen molar-refractivity contribution in [3.63, 3.8) is 0 Å². The van der Waals surface area contributed by atoms with Gasteiger partial charge in [-0.1, -0.05) is 50.1 Å². The molecule has 0 bridgehead atoms. The summed E-state index contributed by atoms with van der Waals surface area (Å²) in [5.41, 5.74) is 1.37. The van der Waals surface area contributed by atoms with Crippen molar-refractivity contribution in [2.45, 2.75) is 37.5 Å². The van der Waals surface area contributed by atoms with Crippen LogP contribution in [0.1, 0.15) is 31.7 Å². The molecule has 21 heavy (non-hydrogen) atoms. The average molecular weight is 300 g/mol. The second kappa shape index (κ2) is 9.51. The van der Waals surface area contributed by atoms with E-state index in [2.05, 4.69) is 61.5 Å². The molecule has 0 unspecified atom stereocenters. The summed E-state index contributed by atoms with van der Waals surface area (Å²) in [6, 6.07) is 19.1. The van der Waals surface area contributed by atoms with Crippen LogP contribution in [0.15, 0.2) is 59.5 Å². The standard InChI is InChI=1S/C19H24OS/c1-2-3-7-15-20-18-12-10-17(11-13-18)14-16-21-19-8-5-4-6-9-19/h4-6,8-13H,2-3,7,14-16H2,1H3. The minimum Gasteiger partial charge on any atom is -0.494 e. The van der Waals surface area contributed by atoms with Crippen LogP contribution in [0.2, 0.25) is 0 Å². The molecule has 2 heteroatoms. The van der Waals surface area contributed by atoms with E-state index in [0.29, 0.717) is 0 Å². The number of thioether (sulfide) groups is 1. The van der Waals surface area contributed by atoms with Crippen molar-refractivity contribution in [2.75, 3.05) is 12.4 Å². The zero-order valence-corrected chi connectivity index (χ0v) is 13.6. The lowest BCUT2D eigenvalue weighted by atomic mass is 10.2. The molecule has 0 radical (unpaired) electrons. The van der Waals surface area contributed by atoms with Crippen molar-refractivity contribution >= 4 is 11.8 Å². The van der Waals surface area contributed by atoms with Gasteiger partial charge < -0.3 is 4.74 Å². The Kier molecular flexibility index (Phi) is 7.23. The Labute approximate surface area is 132 Å². The van der Waals surface area contributed by atoms with E-state index in [1.54, 1.807) is 0 Å². The molecule has 2 rings (SSSR count). The molecule has 0 amide bonds. The van der Waals surface area contributed by atoms with Gasteiger partial charge in [0.15, 0.2) is 0 Å². The number of unbranched alkanes of at least 4 members (excludes halogenated alkanes) is 2. The first kappa shape index (κ1) is 16.0. The summed E-state index contributed by atoms with van der Waals surface area (Å²) < 4.78 is 5.73. The maximum Gasteiger partial charge on any atom is 0.119 e. The van der Waals surface area contributed by atoms with Crippen molar-refractivity contribution in [1.82, 2.24) is 0 Å². The monoisotopic (exact) mass is 300 g/mol. The van der Waals surface area contributed by atoms with Gasteiger partial charge in [0.2, 0.25) is 0 Å². The van der Waals surface area contributed by atoms with Crippen molar-refractivity contribution in [1.29, 1.82) is 0 Å². The van der Waals surface area contributed by atoms with Crippen LogP contribution in [-0.2, 0) is 6.42 Å². The van der Waals surface area contributed by atoms with E-state index in [1.807, 2.05) is 11.8 Å². The minimum atomic E-state index is 0.830. The van der Waals surface area contributed by atoms with Crippen LogP contribution in [0.25, 0.3) is 0 Å². The largest absolute Gasteiger partial charge is 0.494 e. The third kappa shape index (κ3) is 6.26. The van der Waals surface area contributed by atoms with Crippen LogP contribution in [0.3, 0.4) is 0 Å². The molecule has 0 aliphatic heterocycles. The second-order valence-corrected chi connectivity index (χ2v) is 6.28. The minimum absolute atomic E-state index is 0.830. The topological polar surface area (TPSA) is 9.23 Å². The third-order valence-electron chi connectivity index (χ3n) is 3.34. The third-order valence-corrected chi connectivity index (χ3v) is 4.36. The van der Waals surface area contributed by atoms with Gasteiger partial charge in [0.1, 0.15) is 5.75 Å². The molecule has 0 spiro atoms. The Morgan fingerprint density at radius 1 is 0.905 bits per heavy atom. The van der Waals surface area contributed by atoms with E-state index in [-0.39, 0.29) is 0 Å². The molecule has 0 saturated carbocycles. The summed E-state index contributed by atoms with van der Waals surface area (Å²) in [6.45, 7) is 3.04. The molecule has 112 valence electrons. The van der Waals surface area contributed by atoms with Crippen molar-refractivity contribution < 1.29 is 4.74 Å². The fraction of sp³-hybridized carbons (Fsp3) is 0.368. The van der Waals surface area contributed by atoms with E-state index in [0.717, 1.165) is 31.0 Å². The van der Waals surface area contributed by atoms with Gasteiger partial charge in [-0.15, -0.1) is 11.8 Å². The molecule has 2 aromatic carbocycles. The van der Waals surface area contributed by atoms with E-state index in [1.165, 1.54) is 23.3 Å². The lowest BCUT2D eigenvalue weighted by Gasteiger charge is -2.07. The SMILES string of the molecule is CCCCCOc1ccc(CCSc2ccccc2)cc1. The van der Waals surface area contributed by atoms with E-state index < -0.39 is 0 Å². The molecular weight excluding hydrogens is 276 g/mol. The summed E-state index contributed by atoms with van der Waals surface area (Å²) in [7, 11) is 0. The van der Waals surface area contributed by atoms with Crippen LogP contribution < -0.4 is 4.74 Å². The predicted molar refractivity (Wildman–Crippen MR) is 92.3 cm³/mol. The Morgan fingerprint density at radius 2 is 1.67 bits per heavy atom. The van der Waals surface area contributed by atoms with Gasteiger partial charge in [-0.25, -0.2) is 0 Å². The van der Waals surface area contributed by atoms with E-state index >= 15 is 0 Å². The van der Waals surface area contributed by atoms with Crippen LogP contribution in [0.5, 0.6) is 5.75 Å². The van der Waals surface area contributed by atoms with Crippen LogP contribution in [0.4, 0.5) is 0 Å². The first-order chi connectivity index (χ1) is 10.4. The highest BCUT2D eigenvalue weighted by Crippen LogP contribution is 2.19. The fourth-order valence-electron chi connectivity index (χ4n) is 2.10. The molecular formula is C19H24OS. The molecule has 0 atom stereocenters. The number of hydrogen-bond donors (Lipinski definition) is 0. The summed E-state index contributed by atoms with van der Waals surface area (Å²) >= 11 is 1.91. The van der Waals surface area contributed by atoms with Gasteiger partial charge in [0, 0.05) is 10.6 Å². The molecule has 0 saturated heterocycles. The van der Waals surface area contributed by atoms with Gasteiger partial charge in [-0.3, -0.25) is 0 Å². The van der Waals surface area contributed by atoms with Crippen molar-refractivity contribution in [2.24, 2.45) is 0 Å². The first-order valence-electron chi connectivity index (χ1n) is 7.78. The van der Waals surface area contributed by atoms with Gasteiger partial charge in [-0.2, -0.15) is 0 Å². The zero-order chi connectivity index (χ0) is 14.8. The maximum absolute atomic E-state index is 5.73. The summed E-state index contributed by atoms with van der Waals surface area (Å²) in [5.74, 6) is 2.10. The first-order valence-corrected chi connectivity index (χ1v) is 8.76. The molecule has 0 aliphatic rings. The van der Waals surface area contributed by atoms with Crippen LogP contribution >= 0.6 is 11.8 Å². The molecule has 0 fully saturated rings. The molecule has 1 nitrogen and oxygen atoms in total. The average Bonchev–Trinajstić information content (AvgIpc) is 2.54. The molecule has 0 aromatic heterocycles. The number of hydrogen-bond acceptors (Lipinski definition) is 2. The van der Waals surface area contributed by atoms with Crippen LogP contribution in [-0.4, -0.2) is 12.4 Å². The van der Waals surface area contributed by atoms with Gasteiger partial charge in [-0.05, 0) is 42.7 Å². The number of benzene rings is 2. The summed E-state index contributed by atoms with van der Waals surface area (Å²) in [5, 5.41) is 0. The quantitative estimate of drug-likeness (QED) is 0.441. The highest BCUT2D eigenvalue weighted by Gasteiger charge is 1.98. The van der Waals surface area contributed by atoms with E-state index in [4.69, 9.17) is 4.74 Å². The Balaban J connectivity index is 1.69. The molecule has 2 aromatic rings. The number of aryl methyl sites for hydroxylation is 1. The number of rotatable bonds is 9. The zero-order valence-electron chi connectivity index (χ0n) is 12.8. The summed E-state index contributed by atoms with van der Waals surface area (Å²) in [4.78, 5) is 1.34. The normalized spacial score (nSPS) is 10.5. The predicted octanol–water partition coefficient (Wildman–Crippen LogP) is 5.59. The molecule has 0 heterocycles. The highest BCUT2D eigenvalue weighted by molar-refractivity contribution is 7.99.